The van der Waals surface area contributed by atoms with Gasteiger partial charge < -0.3 is 14.9 Å². The molecule has 0 heterocycles. The Balaban J connectivity index is 1.68. The normalized spacial score (nSPS) is 14.8. The van der Waals surface area contributed by atoms with Gasteiger partial charge in [0.05, 0.1) is 6.61 Å². The van der Waals surface area contributed by atoms with Crippen molar-refractivity contribution in [2.75, 3.05) is 6.61 Å². The molecule has 26 heavy (non-hydrogen) atoms. The van der Waals surface area contributed by atoms with Crippen molar-refractivity contribution in [2.24, 2.45) is 5.92 Å². The molecule has 0 amide bonds. The second kappa shape index (κ2) is 8.56. The number of phenolic OH excluding ortho intramolecular Hbond substituents is 2. The average molecular weight is 352 g/mol. The van der Waals surface area contributed by atoms with Gasteiger partial charge in [0.15, 0.2) is 5.78 Å². The number of phenols is 2. The summed E-state index contributed by atoms with van der Waals surface area (Å²) in [6.07, 6.45) is 9.13. The summed E-state index contributed by atoms with van der Waals surface area (Å²) in [7, 11) is 0. The zero-order chi connectivity index (χ0) is 18.4. The number of aromatic hydroxyl groups is 2. The summed E-state index contributed by atoms with van der Waals surface area (Å²) in [6, 6.07) is 11.4. The van der Waals surface area contributed by atoms with Crippen molar-refractivity contribution in [3.63, 3.8) is 0 Å². The Morgan fingerprint density at radius 3 is 2.54 bits per heavy atom. The Bertz CT molecular complexity index is 771. The van der Waals surface area contributed by atoms with E-state index in [4.69, 9.17) is 4.74 Å². The van der Waals surface area contributed by atoms with Crippen molar-refractivity contribution < 1.29 is 19.7 Å². The van der Waals surface area contributed by atoms with Gasteiger partial charge in [0, 0.05) is 0 Å². The second-order valence-corrected chi connectivity index (χ2v) is 6.73. The lowest BCUT2D eigenvalue weighted by atomic mass is 10.0. The van der Waals surface area contributed by atoms with Crippen molar-refractivity contribution >= 4 is 11.9 Å². The van der Waals surface area contributed by atoms with Gasteiger partial charge in [-0.25, -0.2) is 0 Å². The van der Waals surface area contributed by atoms with Crippen LogP contribution in [0.2, 0.25) is 0 Å². The van der Waals surface area contributed by atoms with Crippen molar-refractivity contribution in [2.45, 2.75) is 32.1 Å². The number of ketones is 1. The number of benzene rings is 2. The molecule has 4 heteroatoms. The van der Waals surface area contributed by atoms with E-state index >= 15 is 0 Å². The molecule has 0 atom stereocenters. The lowest BCUT2D eigenvalue weighted by Crippen LogP contribution is -2.07. The van der Waals surface area contributed by atoms with E-state index in [9.17, 15) is 15.0 Å². The molecular formula is C22H24O4. The first kappa shape index (κ1) is 18.1. The van der Waals surface area contributed by atoms with Crippen LogP contribution in [0.3, 0.4) is 0 Å². The summed E-state index contributed by atoms with van der Waals surface area (Å²) in [5.74, 6) is 0.909. The molecule has 3 rings (SSSR count). The third kappa shape index (κ3) is 4.66. The topological polar surface area (TPSA) is 66.8 Å². The molecule has 2 aromatic carbocycles. The third-order valence-electron chi connectivity index (χ3n) is 4.83. The highest BCUT2D eigenvalue weighted by Crippen LogP contribution is 2.31. The van der Waals surface area contributed by atoms with Crippen LogP contribution in [0.5, 0.6) is 17.2 Å². The number of hydrogen-bond donors (Lipinski definition) is 2. The molecular weight excluding hydrogens is 328 g/mol. The van der Waals surface area contributed by atoms with Gasteiger partial charge in [-0.3, -0.25) is 4.79 Å². The zero-order valence-corrected chi connectivity index (χ0v) is 14.7. The highest BCUT2D eigenvalue weighted by Gasteiger charge is 2.18. The highest BCUT2D eigenvalue weighted by atomic mass is 16.5. The number of ether oxygens (including phenoxy) is 1. The maximum Gasteiger partial charge on any atom is 0.193 e. The lowest BCUT2D eigenvalue weighted by molar-refractivity contribution is 0.104. The van der Waals surface area contributed by atoms with Crippen LogP contribution in [0, 0.1) is 5.92 Å². The molecule has 0 radical (unpaired) electrons. The predicted octanol–water partition coefficient (Wildman–Crippen LogP) is 4.95. The number of carbonyl (C=O) groups excluding carboxylic acids is 1. The molecule has 0 saturated heterocycles. The Hall–Kier alpha value is -2.75. The maximum absolute atomic E-state index is 12.6. The SMILES string of the molecule is O=C(/C=C/c1ccc(O)cc1)c1c(O)cccc1OCCC1CCCC1. The van der Waals surface area contributed by atoms with Crippen LogP contribution in [-0.2, 0) is 0 Å². The number of carbonyl (C=O) groups is 1. The Kier molecular flexibility index (Phi) is 5.95. The first-order valence-corrected chi connectivity index (χ1v) is 9.09. The number of allylic oxidation sites excluding steroid dienone is 1. The zero-order valence-electron chi connectivity index (χ0n) is 14.7. The van der Waals surface area contributed by atoms with E-state index in [1.165, 1.54) is 37.8 Å². The summed E-state index contributed by atoms with van der Waals surface area (Å²) in [4.78, 5) is 12.6. The van der Waals surface area contributed by atoms with E-state index in [1.54, 1.807) is 42.5 Å². The standard InChI is InChI=1S/C22H24O4/c23-18-11-8-17(9-12-18)10-13-20(25)22-19(24)6-3-7-21(22)26-15-14-16-4-1-2-5-16/h3,6-13,16,23-24H,1-2,4-5,14-15H2/b13-10+. The monoisotopic (exact) mass is 352 g/mol. The van der Waals surface area contributed by atoms with Crippen LogP contribution in [0.15, 0.2) is 48.5 Å². The summed E-state index contributed by atoms with van der Waals surface area (Å²) >= 11 is 0. The van der Waals surface area contributed by atoms with Gasteiger partial charge in [-0.05, 0) is 48.2 Å². The first-order chi connectivity index (χ1) is 12.6. The summed E-state index contributed by atoms with van der Waals surface area (Å²) in [5, 5.41) is 19.4. The summed E-state index contributed by atoms with van der Waals surface area (Å²) in [6.45, 7) is 0.552. The van der Waals surface area contributed by atoms with E-state index in [0.717, 1.165) is 12.0 Å². The molecule has 1 aliphatic carbocycles. The molecule has 136 valence electrons. The Morgan fingerprint density at radius 1 is 1.08 bits per heavy atom. The van der Waals surface area contributed by atoms with Crippen molar-refractivity contribution in [3.05, 3.63) is 59.7 Å². The van der Waals surface area contributed by atoms with Crippen LogP contribution >= 0.6 is 0 Å². The maximum atomic E-state index is 12.6. The van der Waals surface area contributed by atoms with Gasteiger partial charge in [0.2, 0.25) is 0 Å². The quantitative estimate of drug-likeness (QED) is 0.546. The van der Waals surface area contributed by atoms with E-state index < -0.39 is 0 Å². The van der Waals surface area contributed by atoms with Crippen molar-refractivity contribution in [3.8, 4) is 17.2 Å². The first-order valence-electron chi connectivity index (χ1n) is 9.09. The predicted molar refractivity (Wildman–Crippen MR) is 102 cm³/mol. The fourth-order valence-corrected chi connectivity index (χ4v) is 3.36. The van der Waals surface area contributed by atoms with Crippen molar-refractivity contribution in [1.29, 1.82) is 0 Å². The van der Waals surface area contributed by atoms with E-state index in [-0.39, 0.29) is 22.8 Å². The largest absolute Gasteiger partial charge is 0.508 e. The van der Waals surface area contributed by atoms with E-state index in [0.29, 0.717) is 18.3 Å². The van der Waals surface area contributed by atoms with E-state index in [2.05, 4.69) is 0 Å². The second-order valence-electron chi connectivity index (χ2n) is 6.73. The van der Waals surface area contributed by atoms with E-state index in [1.807, 2.05) is 0 Å². The average Bonchev–Trinajstić information content (AvgIpc) is 3.14. The van der Waals surface area contributed by atoms with Crippen LogP contribution < -0.4 is 4.74 Å². The molecule has 1 aliphatic rings. The minimum atomic E-state index is -0.313. The van der Waals surface area contributed by atoms with Crippen LogP contribution in [0.1, 0.15) is 48.0 Å². The summed E-state index contributed by atoms with van der Waals surface area (Å²) < 4.78 is 5.82. The molecule has 2 aromatic rings. The molecule has 0 spiro atoms. The Morgan fingerprint density at radius 2 is 1.81 bits per heavy atom. The smallest absolute Gasteiger partial charge is 0.193 e. The van der Waals surface area contributed by atoms with Gasteiger partial charge in [0.25, 0.3) is 0 Å². The fourth-order valence-electron chi connectivity index (χ4n) is 3.36. The molecule has 0 aromatic heterocycles. The number of hydrogen-bond acceptors (Lipinski definition) is 4. The third-order valence-corrected chi connectivity index (χ3v) is 4.83. The van der Waals surface area contributed by atoms with Crippen molar-refractivity contribution in [1.82, 2.24) is 0 Å². The fraction of sp³-hybridized carbons (Fsp3) is 0.318. The van der Waals surface area contributed by atoms with Crippen LogP contribution in [0.4, 0.5) is 0 Å². The van der Waals surface area contributed by atoms with Gasteiger partial charge in [-0.15, -0.1) is 0 Å². The van der Waals surface area contributed by atoms with Gasteiger partial charge in [-0.2, -0.15) is 0 Å². The molecule has 0 bridgehead atoms. The van der Waals surface area contributed by atoms with Gasteiger partial charge >= 0.3 is 0 Å². The molecule has 4 nitrogen and oxygen atoms in total. The minimum absolute atomic E-state index is 0.0799. The minimum Gasteiger partial charge on any atom is -0.508 e. The highest BCUT2D eigenvalue weighted by molar-refractivity contribution is 6.10. The number of rotatable bonds is 7. The molecule has 1 fully saturated rings. The molecule has 2 N–H and O–H groups in total. The molecule has 0 unspecified atom stereocenters. The summed E-state index contributed by atoms with van der Waals surface area (Å²) in [5.41, 5.74) is 0.976. The van der Waals surface area contributed by atoms with Gasteiger partial charge in [0.1, 0.15) is 22.8 Å². The van der Waals surface area contributed by atoms with Crippen LogP contribution in [-0.4, -0.2) is 22.6 Å². The lowest BCUT2D eigenvalue weighted by Gasteiger charge is -2.13. The van der Waals surface area contributed by atoms with Crippen LogP contribution in [0.25, 0.3) is 6.08 Å². The Labute approximate surface area is 153 Å². The molecule has 1 saturated carbocycles. The molecule has 0 aliphatic heterocycles. The van der Waals surface area contributed by atoms with Gasteiger partial charge in [-0.1, -0.05) is 50.0 Å².